The number of amides is 2. The maximum absolute atomic E-state index is 14.7. The van der Waals surface area contributed by atoms with Crippen LogP contribution in [0.4, 0.5) is 5.69 Å². The van der Waals surface area contributed by atoms with Gasteiger partial charge in [-0.3, -0.25) is 13.9 Å². The van der Waals surface area contributed by atoms with Crippen LogP contribution in [0.1, 0.15) is 59.1 Å². The molecule has 0 spiro atoms. The van der Waals surface area contributed by atoms with Crippen LogP contribution in [0.3, 0.4) is 0 Å². The molecule has 1 atom stereocenters. The second kappa shape index (κ2) is 15.0. The van der Waals surface area contributed by atoms with Crippen molar-refractivity contribution in [2.24, 2.45) is 0 Å². The van der Waals surface area contributed by atoms with Crippen molar-refractivity contribution in [3.05, 3.63) is 130 Å². The lowest BCUT2D eigenvalue weighted by molar-refractivity contribution is -0.140. The van der Waals surface area contributed by atoms with Crippen molar-refractivity contribution in [2.75, 3.05) is 10.8 Å². The van der Waals surface area contributed by atoms with Crippen molar-refractivity contribution in [3.8, 4) is 0 Å². The van der Waals surface area contributed by atoms with Gasteiger partial charge in [0.25, 0.3) is 10.0 Å². The van der Waals surface area contributed by atoms with Gasteiger partial charge in [0.1, 0.15) is 12.6 Å². The van der Waals surface area contributed by atoms with Crippen LogP contribution in [-0.2, 0) is 32.6 Å². The monoisotopic (exact) mass is 651 g/mol. The summed E-state index contributed by atoms with van der Waals surface area (Å²) in [6.45, 7) is 7.46. The van der Waals surface area contributed by atoms with E-state index in [4.69, 9.17) is 0 Å². The Morgan fingerprint density at radius 2 is 1.38 bits per heavy atom. The predicted molar refractivity (Wildman–Crippen MR) is 188 cm³/mol. The molecular formula is C39H45N3O4S. The molecule has 0 aliphatic heterocycles. The molecule has 5 rings (SSSR count). The Kier molecular flexibility index (Phi) is 10.8. The molecule has 1 saturated carbocycles. The second-order valence-electron chi connectivity index (χ2n) is 12.8. The first-order valence-corrected chi connectivity index (χ1v) is 17.8. The third kappa shape index (κ3) is 8.49. The number of nitrogens with zero attached hydrogens (tertiary/aromatic N) is 2. The van der Waals surface area contributed by atoms with E-state index in [1.165, 1.54) is 4.31 Å². The molecule has 4 aromatic rings. The van der Waals surface area contributed by atoms with Crippen LogP contribution >= 0.6 is 0 Å². The fourth-order valence-corrected chi connectivity index (χ4v) is 7.46. The van der Waals surface area contributed by atoms with Gasteiger partial charge < -0.3 is 10.2 Å². The van der Waals surface area contributed by atoms with Crippen LogP contribution in [0.25, 0.3) is 0 Å². The molecule has 47 heavy (non-hydrogen) atoms. The largest absolute Gasteiger partial charge is 0.352 e. The molecule has 0 bridgehead atoms. The zero-order valence-electron chi connectivity index (χ0n) is 27.8. The number of sulfonamides is 1. The average Bonchev–Trinajstić information content (AvgIpc) is 3.57. The Morgan fingerprint density at radius 1 is 0.766 bits per heavy atom. The lowest BCUT2D eigenvalue weighted by Crippen LogP contribution is -2.54. The third-order valence-electron chi connectivity index (χ3n) is 9.11. The topological polar surface area (TPSA) is 86.8 Å². The van der Waals surface area contributed by atoms with Crippen LogP contribution in [-0.4, -0.2) is 43.8 Å². The highest BCUT2D eigenvalue weighted by molar-refractivity contribution is 7.92. The van der Waals surface area contributed by atoms with Gasteiger partial charge in [-0.25, -0.2) is 8.42 Å². The van der Waals surface area contributed by atoms with E-state index in [0.717, 1.165) is 59.1 Å². The number of hydrogen-bond donors (Lipinski definition) is 1. The molecule has 0 aromatic heterocycles. The summed E-state index contributed by atoms with van der Waals surface area (Å²) in [7, 11) is -4.15. The number of anilines is 1. The summed E-state index contributed by atoms with van der Waals surface area (Å²) in [5.74, 6) is -0.678. The Balaban J connectivity index is 1.57. The van der Waals surface area contributed by atoms with E-state index in [2.05, 4.69) is 5.32 Å². The van der Waals surface area contributed by atoms with E-state index in [9.17, 15) is 18.0 Å². The van der Waals surface area contributed by atoms with Gasteiger partial charge in [-0.15, -0.1) is 0 Å². The molecule has 1 aliphatic carbocycles. The van der Waals surface area contributed by atoms with Gasteiger partial charge in [0.15, 0.2) is 0 Å². The zero-order chi connectivity index (χ0) is 33.6. The molecule has 246 valence electrons. The smallest absolute Gasteiger partial charge is 0.264 e. The number of carbonyl (C=O) groups is 2. The minimum absolute atomic E-state index is 0.0612. The number of benzene rings is 4. The first kappa shape index (κ1) is 33.9. The summed E-state index contributed by atoms with van der Waals surface area (Å²) in [6, 6.07) is 28.8. The minimum atomic E-state index is -4.15. The molecule has 1 fully saturated rings. The van der Waals surface area contributed by atoms with Crippen LogP contribution in [0.2, 0.25) is 0 Å². The van der Waals surface area contributed by atoms with Crippen molar-refractivity contribution < 1.29 is 18.0 Å². The molecule has 0 saturated heterocycles. The van der Waals surface area contributed by atoms with Crippen LogP contribution in [0.15, 0.2) is 102 Å². The van der Waals surface area contributed by atoms with Crippen molar-refractivity contribution in [3.63, 3.8) is 0 Å². The summed E-state index contributed by atoms with van der Waals surface area (Å²) in [5.41, 5.74) is 6.10. The van der Waals surface area contributed by atoms with E-state index in [-0.39, 0.29) is 23.4 Å². The number of carbonyl (C=O) groups excluding carboxylic acids is 2. The molecular weight excluding hydrogens is 607 g/mol. The summed E-state index contributed by atoms with van der Waals surface area (Å²) >= 11 is 0. The highest BCUT2D eigenvalue weighted by Gasteiger charge is 2.35. The van der Waals surface area contributed by atoms with Gasteiger partial charge in [-0.05, 0) is 87.1 Å². The number of hydrogen-bond acceptors (Lipinski definition) is 4. The molecule has 1 N–H and O–H groups in total. The van der Waals surface area contributed by atoms with Gasteiger partial charge in [0, 0.05) is 19.0 Å². The summed E-state index contributed by atoms with van der Waals surface area (Å²) in [5, 5.41) is 3.22. The maximum atomic E-state index is 14.7. The van der Waals surface area contributed by atoms with E-state index in [1.54, 1.807) is 41.3 Å². The number of aryl methyl sites for hydroxylation is 4. The van der Waals surface area contributed by atoms with E-state index in [0.29, 0.717) is 12.1 Å². The fourth-order valence-electron chi connectivity index (χ4n) is 6.06. The Labute approximate surface area is 279 Å². The first-order valence-electron chi connectivity index (χ1n) is 16.4. The lowest BCUT2D eigenvalue weighted by atomic mass is 10.0. The summed E-state index contributed by atoms with van der Waals surface area (Å²) in [4.78, 5) is 30.5. The van der Waals surface area contributed by atoms with Gasteiger partial charge in [0.05, 0.1) is 10.6 Å². The normalized spacial score (nSPS) is 14.0. The quantitative estimate of drug-likeness (QED) is 0.182. The van der Waals surface area contributed by atoms with Crippen molar-refractivity contribution in [1.82, 2.24) is 10.2 Å². The molecule has 2 amide bonds. The van der Waals surface area contributed by atoms with E-state index < -0.39 is 28.5 Å². The number of rotatable bonds is 12. The first-order chi connectivity index (χ1) is 22.5. The maximum Gasteiger partial charge on any atom is 0.264 e. The van der Waals surface area contributed by atoms with Crippen LogP contribution < -0.4 is 9.62 Å². The summed E-state index contributed by atoms with van der Waals surface area (Å²) < 4.78 is 29.8. The van der Waals surface area contributed by atoms with Gasteiger partial charge in [0.2, 0.25) is 11.8 Å². The molecule has 1 aliphatic rings. The Morgan fingerprint density at radius 3 is 2.00 bits per heavy atom. The molecule has 7 nitrogen and oxygen atoms in total. The molecule has 0 heterocycles. The minimum Gasteiger partial charge on any atom is -0.352 e. The highest BCUT2D eigenvalue weighted by Crippen LogP contribution is 2.27. The Bertz CT molecular complexity index is 1780. The van der Waals surface area contributed by atoms with Gasteiger partial charge >= 0.3 is 0 Å². The van der Waals surface area contributed by atoms with Crippen molar-refractivity contribution in [2.45, 2.75) is 83.3 Å². The zero-order valence-corrected chi connectivity index (χ0v) is 28.6. The third-order valence-corrected chi connectivity index (χ3v) is 10.9. The molecule has 4 aromatic carbocycles. The SMILES string of the molecule is Cc1ccc(CN(C(=O)CN(c2ccc(C)c(C)c2)S(=O)(=O)c2ccc(C)cc2)[C@@H](Cc2ccccc2)C(=O)NC2CCCC2)cc1. The van der Waals surface area contributed by atoms with Gasteiger partial charge in [-0.2, -0.15) is 0 Å². The van der Waals surface area contributed by atoms with Crippen molar-refractivity contribution >= 4 is 27.5 Å². The van der Waals surface area contributed by atoms with Crippen LogP contribution in [0.5, 0.6) is 0 Å². The lowest BCUT2D eigenvalue weighted by Gasteiger charge is -2.34. The molecule has 0 unspecified atom stereocenters. The predicted octanol–water partition coefficient (Wildman–Crippen LogP) is 6.81. The standard InChI is InChI=1S/C39H45N3O4S/c1-28-14-19-33(20-15-28)26-41(37(25-32-10-6-5-7-11-32)39(44)40-34-12-8-9-13-34)38(43)27-42(35-21-18-30(3)31(4)24-35)47(45,46)36-22-16-29(2)17-23-36/h5-7,10-11,14-24,34,37H,8-9,12-13,25-27H2,1-4H3,(H,40,44)/t37-/m0/s1. The molecule has 0 radical (unpaired) electrons. The average molecular weight is 652 g/mol. The second-order valence-corrected chi connectivity index (χ2v) is 14.7. The van der Waals surface area contributed by atoms with Gasteiger partial charge in [-0.1, -0.05) is 96.8 Å². The Hall–Kier alpha value is -4.43. The number of nitrogens with one attached hydrogen (secondary N) is 1. The van der Waals surface area contributed by atoms with Crippen LogP contribution in [0, 0.1) is 27.7 Å². The highest BCUT2D eigenvalue weighted by atomic mass is 32.2. The van der Waals surface area contributed by atoms with E-state index in [1.807, 2.05) is 88.4 Å². The van der Waals surface area contributed by atoms with E-state index >= 15 is 0 Å². The van der Waals surface area contributed by atoms with Crippen molar-refractivity contribution in [1.29, 1.82) is 0 Å². The molecule has 8 heteroatoms. The fraction of sp³-hybridized carbons (Fsp3) is 0.333. The summed E-state index contributed by atoms with van der Waals surface area (Å²) in [6.07, 6.45) is 4.23.